The van der Waals surface area contributed by atoms with E-state index in [0.717, 1.165) is 38.7 Å². The van der Waals surface area contributed by atoms with E-state index in [2.05, 4.69) is 0 Å². The molecular weight excluding hydrogens is 309 g/mol. The second-order valence-corrected chi connectivity index (χ2v) is 7.30. The van der Waals surface area contributed by atoms with Gasteiger partial charge in [0, 0.05) is 32.4 Å². The van der Waals surface area contributed by atoms with Crippen LogP contribution in [0.25, 0.3) is 0 Å². The number of ether oxygens (including phenoxy) is 2. The summed E-state index contributed by atoms with van der Waals surface area (Å²) in [6.45, 7) is 1.97. The summed E-state index contributed by atoms with van der Waals surface area (Å²) in [5.74, 6) is -0.234. The van der Waals surface area contributed by atoms with Crippen LogP contribution in [0.1, 0.15) is 37.7 Å². The summed E-state index contributed by atoms with van der Waals surface area (Å²) in [4.78, 5) is 15.0. The van der Waals surface area contributed by atoms with Crippen LogP contribution < -0.4 is 0 Å². The van der Waals surface area contributed by atoms with Crippen molar-refractivity contribution in [2.24, 2.45) is 0 Å². The number of benzene rings is 1. The first kappa shape index (κ1) is 16.0. The molecule has 2 heterocycles. The molecule has 0 bridgehead atoms. The van der Waals surface area contributed by atoms with Crippen molar-refractivity contribution in [2.75, 3.05) is 26.8 Å². The lowest BCUT2D eigenvalue weighted by Gasteiger charge is -2.45. The molecule has 3 aliphatic rings. The van der Waals surface area contributed by atoms with Gasteiger partial charge in [0.1, 0.15) is 11.9 Å². The van der Waals surface area contributed by atoms with Crippen LogP contribution in [0.5, 0.6) is 0 Å². The van der Waals surface area contributed by atoms with E-state index in [9.17, 15) is 9.18 Å². The molecule has 0 aromatic heterocycles. The van der Waals surface area contributed by atoms with E-state index < -0.39 is 5.41 Å². The number of nitrogens with zero attached hydrogens (tertiary/aromatic N) is 1. The Morgan fingerprint density at radius 1 is 1.29 bits per heavy atom. The first-order valence-corrected chi connectivity index (χ1v) is 8.82. The molecule has 2 atom stereocenters. The average Bonchev–Trinajstić information content (AvgIpc) is 3.28. The van der Waals surface area contributed by atoms with Gasteiger partial charge >= 0.3 is 0 Å². The Bertz CT molecular complexity index is 637. The number of piperidine rings is 1. The summed E-state index contributed by atoms with van der Waals surface area (Å²) in [6.07, 6.45) is 4.18. The van der Waals surface area contributed by atoms with Gasteiger partial charge in [-0.1, -0.05) is 18.2 Å². The van der Waals surface area contributed by atoms with Crippen LogP contribution in [0.3, 0.4) is 0 Å². The molecule has 1 aliphatic carbocycles. The molecule has 4 rings (SSSR count). The first-order valence-electron chi connectivity index (χ1n) is 8.82. The van der Waals surface area contributed by atoms with Crippen LogP contribution in [0, 0.1) is 5.82 Å². The Kier molecular flexibility index (Phi) is 3.88. The minimum absolute atomic E-state index is 0.0440. The summed E-state index contributed by atoms with van der Waals surface area (Å²) in [5, 5.41) is 0. The highest BCUT2D eigenvalue weighted by atomic mass is 19.1. The largest absolute Gasteiger partial charge is 0.377 e. The highest BCUT2D eigenvalue weighted by molar-refractivity contribution is 5.91. The zero-order valence-corrected chi connectivity index (χ0v) is 14.1. The number of carbonyl (C=O) groups excluding carboxylic acids is 1. The monoisotopic (exact) mass is 333 g/mol. The van der Waals surface area contributed by atoms with E-state index >= 15 is 0 Å². The van der Waals surface area contributed by atoms with Gasteiger partial charge in [-0.05, 0) is 38.2 Å². The summed E-state index contributed by atoms with van der Waals surface area (Å²) < 4.78 is 25.9. The molecule has 0 radical (unpaired) electrons. The lowest BCUT2D eigenvalue weighted by atomic mass is 9.84. The highest BCUT2D eigenvalue weighted by Crippen LogP contribution is 2.51. The highest BCUT2D eigenvalue weighted by Gasteiger charge is 2.56. The van der Waals surface area contributed by atoms with Crippen LogP contribution in [-0.4, -0.2) is 49.3 Å². The Morgan fingerprint density at radius 3 is 2.71 bits per heavy atom. The number of carbonyl (C=O) groups is 1. The van der Waals surface area contributed by atoms with Gasteiger partial charge in [-0.25, -0.2) is 4.39 Å². The fourth-order valence-corrected chi connectivity index (χ4v) is 4.46. The molecule has 0 unspecified atom stereocenters. The number of likely N-dealkylation sites (tertiary alicyclic amines) is 1. The maximum Gasteiger partial charge on any atom is 0.233 e. The van der Waals surface area contributed by atoms with Crippen LogP contribution >= 0.6 is 0 Å². The number of rotatable bonds is 3. The zero-order chi connectivity index (χ0) is 16.8. The Labute approximate surface area is 141 Å². The summed E-state index contributed by atoms with van der Waals surface area (Å²) in [6, 6.07) is 6.67. The van der Waals surface area contributed by atoms with Gasteiger partial charge in [0.05, 0.1) is 11.0 Å². The van der Waals surface area contributed by atoms with Crippen molar-refractivity contribution < 1.29 is 18.7 Å². The van der Waals surface area contributed by atoms with E-state index in [-0.39, 0.29) is 23.4 Å². The van der Waals surface area contributed by atoms with Gasteiger partial charge in [-0.2, -0.15) is 0 Å². The van der Waals surface area contributed by atoms with Gasteiger partial charge in [-0.15, -0.1) is 0 Å². The van der Waals surface area contributed by atoms with Gasteiger partial charge in [0.2, 0.25) is 5.91 Å². The maximum absolute atomic E-state index is 14.2. The van der Waals surface area contributed by atoms with Crippen molar-refractivity contribution >= 4 is 5.91 Å². The second kappa shape index (κ2) is 5.81. The molecule has 1 saturated carbocycles. The van der Waals surface area contributed by atoms with E-state index in [4.69, 9.17) is 9.47 Å². The van der Waals surface area contributed by atoms with Crippen molar-refractivity contribution in [3.05, 3.63) is 35.6 Å². The molecule has 3 fully saturated rings. The van der Waals surface area contributed by atoms with Crippen molar-refractivity contribution in [1.29, 1.82) is 0 Å². The fourth-order valence-electron chi connectivity index (χ4n) is 4.46. The van der Waals surface area contributed by atoms with Gasteiger partial charge < -0.3 is 14.4 Å². The van der Waals surface area contributed by atoms with E-state index in [0.29, 0.717) is 18.7 Å². The smallest absolute Gasteiger partial charge is 0.233 e. The van der Waals surface area contributed by atoms with Crippen LogP contribution in [0.4, 0.5) is 4.39 Å². The molecule has 0 N–H and O–H groups in total. The van der Waals surface area contributed by atoms with Gasteiger partial charge in [0.15, 0.2) is 0 Å². The summed E-state index contributed by atoms with van der Waals surface area (Å²) in [5.41, 5.74) is -0.355. The lowest BCUT2D eigenvalue weighted by molar-refractivity contribution is -0.160. The molecule has 4 nitrogen and oxygen atoms in total. The Hall–Kier alpha value is -1.46. The third kappa shape index (κ3) is 2.37. The molecule has 24 heavy (non-hydrogen) atoms. The van der Waals surface area contributed by atoms with Gasteiger partial charge in [-0.3, -0.25) is 4.79 Å². The summed E-state index contributed by atoms with van der Waals surface area (Å²) in [7, 11) is 1.69. The number of amides is 1. The predicted octanol–water partition coefficient (Wildman–Crippen LogP) is 2.65. The molecule has 1 amide bonds. The van der Waals surface area contributed by atoms with Crippen LogP contribution in [-0.2, 0) is 19.7 Å². The molecule has 1 spiro atoms. The van der Waals surface area contributed by atoms with Crippen LogP contribution in [0.2, 0.25) is 0 Å². The standard InChI is InChI=1S/C19H24FNO3/c1-23-16-13-21(11-10-19(16)7-4-12-24-19)17(22)18(8-9-18)14-5-2-3-6-15(14)20/h2-3,5-6,16H,4,7-13H2,1H3/t16-,19-/m0/s1. The topological polar surface area (TPSA) is 38.8 Å². The number of hydrogen-bond acceptors (Lipinski definition) is 3. The van der Waals surface area contributed by atoms with E-state index in [1.54, 1.807) is 25.3 Å². The number of hydrogen-bond donors (Lipinski definition) is 0. The first-order chi connectivity index (χ1) is 11.6. The van der Waals surface area contributed by atoms with E-state index in [1.165, 1.54) is 6.07 Å². The quantitative estimate of drug-likeness (QED) is 0.854. The zero-order valence-electron chi connectivity index (χ0n) is 14.1. The minimum atomic E-state index is -0.662. The lowest BCUT2D eigenvalue weighted by Crippen LogP contribution is -2.58. The third-order valence-corrected chi connectivity index (χ3v) is 6.03. The third-order valence-electron chi connectivity index (χ3n) is 6.03. The molecule has 130 valence electrons. The van der Waals surface area contributed by atoms with Crippen molar-refractivity contribution in [3.63, 3.8) is 0 Å². The number of halogens is 1. The van der Waals surface area contributed by atoms with E-state index in [1.807, 2.05) is 4.90 Å². The molecule has 2 saturated heterocycles. The molecule has 1 aromatic rings. The Morgan fingerprint density at radius 2 is 2.08 bits per heavy atom. The van der Waals surface area contributed by atoms with Crippen molar-refractivity contribution in [1.82, 2.24) is 4.90 Å². The summed E-state index contributed by atoms with van der Waals surface area (Å²) >= 11 is 0. The Balaban J connectivity index is 1.55. The van der Waals surface area contributed by atoms with Crippen molar-refractivity contribution in [3.8, 4) is 0 Å². The second-order valence-electron chi connectivity index (χ2n) is 7.30. The number of methoxy groups -OCH3 is 1. The average molecular weight is 333 g/mol. The SMILES string of the molecule is CO[C@H]1CN(C(=O)C2(c3ccccc3F)CC2)CC[C@@]12CCCO2. The van der Waals surface area contributed by atoms with Crippen molar-refractivity contribution in [2.45, 2.75) is 49.2 Å². The van der Waals surface area contributed by atoms with Crippen LogP contribution in [0.15, 0.2) is 24.3 Å². The van der Waals surface area contributed by atoms with Gasteiger partial charge in [0.25, 0.3) is 0 Å². The normalized spacial score (nSPS) is 31.4. The maximum atomic E-state index is 14.2. The predicted molar refractivity (Wildman–Crippen MR) is 87.2 cm³/mol. The molecular formula is C19H24FNO3. The molecule has 2 aliphatic heterocycles. The molecule has 5 heteroatoms. The fraction of sp³-hybridized carbons (Fsp3) is 0.632. The minimum Gasteiger partial charge on any atom is -0.377 e. The molecule has 1 aromatic carbocycles.